The first kappa shape index (κ1) is 15.7. The molecule has 0 saturated carbocycles. The van der Waals surface area contributed by atoms with Crippen molar-refractivity contribution >= 4 is 11.8 Å². The number of anilines is 1. The minimum atomic E-state index is -0.353. The second-order valence-electron chi connectivity index (χ2n) is 5.22. The molecule has 116 valence electrons. The number of carbonyl (C=O) groups is 1. The van der Waals surface area contributed by atoms with E-state index in [-0.39, 0.29) is 11.5 Å². The molecule has 1 unspecified atom stereocenters. The topological polar surface area (TPSA) is 72.5 Å². The van der Waals surface area contributed by atoms with Gasteiger partial charge in [-0.3, -0.25) is 0 Å². The highest BCUT2D eigenvalue weighted by atomic mass is 16.5. The quantitative estimate of drug-likeness (QED) is 0.741. The zero-order valence-corrected chi connectivity index (χ0v) is 12.6. The SMILES string of the molecule is CCOC(=O)c1cccnc1NCC1(COC)CCCN1. The van der Waals surface area contributed by atoms with Gasteiger partial charge in [0, 0.05) is 19.9 Å². The molecular formula is C15H23N3O3. The van der Waals surface area contributed by atoms with Gasteiger partial charge in [-0.2, -0.15) is 0 Å². The molecular weight excluding hydrogens is 270 g/mol. The summed E-state index contributed by atoms with van der Waals surface area (Å²) in [5.41, 5.74) is 0.364. The lowest BCUT2D eigenvalue weighted by atomic mass is 9.98. The number of pyridine rings is 1. The Kier molecular flexibility index (Phi) is 5.52. The van der Waals surface area contributed by atoms with Crippen molar-refractivity contribution in [2.45, 2.75) is 25.3 Å². The van der Waals surface area contributed by atoms with Crippen molar-refractivity contribution < 1.29 is 14.3 Å². The molecule has 1 atom stereocenters. The number of ether oxygens (including phenoxy) is 2. The van der Waals surface area contributed by atoms with Gasteiger partial charge in [0.05, 0.1) is 18.8 Å². The van der Waals surface area contributed by atoms with E-state index in [4.69, 9.17) is 9.47 Å². The van der Waals surface area contributed by atoms with Gasteiger partial charge in [-0.1, -0.05) is 0 Å². The van der Waals surface area contributed by atoms with Gasteiger partial charge in [0.1, 0.15) is 11.4 Å². The van der Waals surface area contributed by atoms with Gasteiger partial charge in [-0.25, -0.2) is 9.78 Å². The predicted octanol–water partition coefficient (Wildman–Crippen LogP) is 1.44. The molecule has 0 bridgehead atoms. The molecule has 1 saturated heterocycles. The molecule has 6 nitrogen and oxygen atoms in total. The van der Waals surface area contributed by atoms with Gasteiger partial charge in [-0.15, -0.1) is 0 Å². The van der Waals surface area contributed by atoms with E-state index < -0.39 is 0 Å². The summed E-state index contributed by atoms with van der Waals surface area (Å²) >= 11 is 0. The summed E-state index contributed by atoms with van der Waals surface area (Å²) in [6.07, 6.45) is 3.82. The zero-order valence-electron chi connectivity index (χ0n) is 12.6. The Hall–Kier alpha value is -1.66. The molecule has 2 heterocycles. The molecule has 1 aliphatic heterocycles. The third kappa shape index (κ3) is 3.92. The van der Waals surface area contributed by atoms with Crippen LogP contribution < -0.4 is 10.6 Å². The minimum absolute atomic E-state index is 0.0990. The van der Waals surface area contributed by atoms with Gasteiger partial charge in [0.25, 0.3) is 0 Å². The largest absolute Gasteiger partial charge is 0.462 e. The van der Waals surface area contributed by atoms with Crippen molar-refractivity contribution in [3.8, 4) is 0 Å². The number of esters is 1. The smallest absolute Gasteiger partial charge is 0.341 e. The molecule has 2 N–H and O–H groups in total. The fourth-order valence-corrected chi connectivity index (χ4v) is 2.64. The first-order chi connectivity index (χ1) is 10.2. The van der Waals surface area contributed by atoms with E-state index in [1.807, 2.05) is 0 Å². The highest BCUT2D eigenvalue weighted by Gasteiger charge is 2.33. The number of hydrogen-bond acceptors (Lipinski definition) is 6. The molecule has 6 heteroatoms. The third-order valence-electron chi connectivity index (χ3n) is 3.65. The Labute approximate surface area is 125 Å². The fraction of sp³-hybridized carbons (Fsp3) is 0.600. The minimum Gasteiger partial charge on any atom is -0.462 e. The first-order valence-electron chi connectivity index (χ1n) is 7.31. The molecule has 1 aromatic rings. The molecule has 2 rings (SSSR count). The summed E-state index contributed by atoms with van der Waals surface area (Å²) in [5.74, 6) is 0.202. The molecule has 0 aromatic carbocycles. The normalized spacial score (nSPS) is 21.2. The lowest BCUT2D eigenvalue weighted by molar-refractivity contribution is 0.0527. The Morgan fingerprint density at radius 1 is 1.57 bits per heavy atom. The Bertz CT molecular complexity index is 473. The lowest BCUT2D eigenvalue weighted by Gasteiger charge is -2.29. The van der Waals surface area contributed by atoms with E-state index in [0.717, 1.165) is 19.4 Å². The summed E-state index contributed by atoms with van der Waals surface area (Å²) in [6, 6.07) is 3.45. The van der Waals surface area contributed by atoms with E-state index in [9.17, 15) is 4.79 Å². The maximum absolute atomic E-state index is 11.9. The maximum Gasteiger partial charge on any atom is 0.341 e. The first-order valence-corrected chi connectivity index (χ1v) is 7.31. The Balaban J connectivity index is 2.07. The van der Waals surface area contributed by atoms with E-state index in [0.29, 0.717) is 31.1 Å². The average molecular weight is 293 g/mol. The summed E-state index contributed by atoms with van der Waals surface area (Å²) in [6.45, 7) is 4.41. The highest BCUT2D eigenvalue weighted by Crippen LogP contribution is 2.21. The Morgan fingerprint density at radius 2 is 2.43 bits per heavy atom. The number of nitrogens with zero attached hydrogens (tertiary/aromatic N) is 1. The number of aromatic nitrogens is 1. The number of rotatable bonds is 7. The van der Waals surface area contributed by atoms with Crippen LogP contribution in [0, 0.1) is 0 Å². The second kappa shape index (κ2) is 7.38. The fourth-order valence-electron chi connectivity index (χ4n) is 2.64. The summed E-state index contributed by atoms with van der Waals surface area (Å²) in [7, 11) is 1.70. The van der Waals surface area contributed by atoms with Crippen LogP contribution in [-0.4, -0.2) is 49.9 Å². The van der Waals surface area contributed by atoms with Crippen molar-refractivity contribution in [3.63, 3.8) is 0 Å². The van der Waals surface area contributed by atoms with Crippen molar-refractivity contribution in [3.05, 3.63) is 23.9 Å². The number of carbonyl (C=O) groups excluding carboxylic acids is 1. The van der Waals surface area contributed by atoms with Crippen LogP contribution in [0.5, 0.6) is 0 Å². The predicted molar refractivity (Wildman–Crippen MR) is 80.5 cm³/mol. The molecule has 0 amide bonds. The van der Waals surface area contributed by atoms with Gasteiger partial charge < -0.3 is 20.1 Å². The van der Waals surface area contributed by atoms with Gasteiger partial charge in [-0.05, 0) is 38.4 Å². The maximum atomic E-state index is 11.9. The van der Waals surface area contributed by atoms with Crippen molar-refractivity contribution in [2.24, 2.45) is 0 Å². The van der Waals surface area contributed by atoms with Crippen molar-refractivity contribution in [1.82, 2.24) is 10.3 Å². The van der Waals surface area contributed by atoms with Crippen LogP contribution in [0.4, 0.5) is 5.82 Å². The van der Waals surface area contributed by atoms with Crippen LogP contribution in [0.15, 0.2) is 18.3 Å². The summed E-state index contributed by atoms with van der Waals surface area (Å²) < 4.78 is 10.4. The monoisotopic (exact) mass is 293 g/mol. The third-order valence-corrected chi connectivity index (χ3v) is 3.65. The Morgan fingerprint density at radius 3 is 3.10 bits per heavy atom. The zero-order chi connectivity index (χ0) is 15.1. The number of nitrogens with one attached hydrogen (secondary N) is 2. The van der Waals surface area contributed by atoms with E-state index in [1.165, 1.54) is 0 Å². The molecule has 0 radical (unpaired) electrons. The van der Waals surface area contributed by atoms with Crippen molar-refractivity contribution in [2.75, 3.05) is 38.7 Å². The number of methoxy groups -OCH3 is 1. The standard InChI is InChI=1S/C15H23N3O3/c1-3-21-14(19)12-6-4-8-16-13(12)17-10-15(11-20-2)7-5-9-18-15/h4,6,8,18H,3,5,7,9-11H2,1-2H3,(H,16,17). The lowest BCUT2D eigenvalue weighted by Crippen LogP contribution is -2.49. The van der Waals surface area contributed by atoms with Crippen molar-refractivity contribution in [1.29, 1.82) is 0 Å². The number of hydrogen-bond donors (Lipinski definition) is 2. The van der Waals surface area contributed by atoms with E-state index in [1.54, 1.807) is 32.4 Å². The van der Waals surface area contributed by atoms with E-state index in [2.05, 4.69) is 15.6 Å². The van der Waals surface area contributed by atoms with E-state index >= 15 is 0 Å². The second-order valence-corrected chi connectivity index (χ2v) is 5.22. The van der Waals surface area contributed by atoms with Gasteiger partial charge in [0.15, 0.2) is 0 Å². The average Bonchev–Trinajstić information content (AvgIpc) is 2.95. The van der Waals surface area contributed by atoms with Crippen LogP contribution in [0.25, 0.3) is 0 Å². The summed E-state index contributed by atoms with van der Waals surface area (Å²) in [4.78, 5) is 16.2. The van der Waals surface area contributed by atoms with Crippen LogP contribution in [0.2, 0.25) is 0 Å². The van der Waals surface area contributed by atoms with Crippen LogP contribution in [0.3, 0.4) is 0 Å². The summed E-state index contributed by atoms with van der Waals surface area (Å²) in [5, 5.41) is 6.75. The molecule has 1 fully saturated rings. The van der Waals surface area contributed by atoms with Crippen LogP contribution >= 0.6 is 0 Å². The van der Waals surface area contributed by atoms with Gasteiger partial charge >= 0.3 is 5.97 Å². The van der Waals surface area contributed by atoms with Crippen LogP contribution in [-0.2, 0) is 9.47 Å². The molecule has 0 spiro atoms. The molecule has 0 aliphatic carbocycles. The highest BCUT2D eigenvalue weighted by molar-refractivity contribution is 5.94. The molecule has 1 aliphatic rings. The van der Waals surface area contributed by atoms with Crippen LogP contribution in [0.1, 0.15) is 30.1 Å². The molecule has 21 heavy (non-hydrogen) atoms. The van der Waals surface area contributed by atoms with Gasteiger partial charge in [0.2, 0.25) is 0 Å². The molecule has 1 aromatic heterocycles.